The smallest absolute Gasteiger partial charge is 0.121 e. The fraction of sp³-hybridized carbons (Fsp3) is 0.545. The van der Waals surface area contributed by atoms with Gasteiger partial charge in [0.1, 0.15) is 5.60 Å². The summed E-state index contributed by atoms with van der Waals surface area (Å²) in [7, 11) is 0. The van der Waals surface area contributed by atoms with Crippen LogP contribution in [-0.4, -0.2) is 16.4 Å². The molecule has 0 amide bonds. The average Bonchev–Trinajstić information content (AvgIpc) is 1.92. The maximum Gasteiger partial charge on any atom is 0.121 e. The minimum absolute atomic E-state index is 0.0410. The molecule has 13 heavy (non-hydrogen) atoms. The molecule has 0 aliphatic heterocycles. The van der Waals surface area contributed by atoms with Crippen molar-refractivity contribution in [3.63, 3.8) is 0 Å². The molecule has 2 heteroatoms. The lowest BCUT2D eigenvalue weighted by Crippen LogP contribution is -2.33. The van der Waals surface area contributed by atoms with Crippen LogP contribution in [0.25, 0.3) is 0 Å². The number of aliphatic hydroxyl groups is 1. The lowest BCUT2D eigenvalue weighted by Gasteiger charge is -2.28. The molecule has 2 nitrogen and oxygen atoms in total. The maximum absolute atomic E-state index is 9.67. The lowest BCUT2D eigenvalue weighted by molar-refractivity contribution is 0.183. The molecule has 1 unspecified atom stereocenters. The fourth-order valence-corrected chi connectivity index (χ4v) is 1.16. The Kier molecular flexibility index (Phi) is 2.20. The molecule has 1 rings (SSSR count). The van der Waals surface area contributed by atoms with Crippen molar-refractivity contribution in [2.75, 3.05) is 0 Å². The molecule has 72 valence electrons. The Labute approximate surface area is 79.5 Å². The first kappa shape index (κ1) is 10.2. The van der Waals surface area contributed by atoms with Crippen molar-refractivity contribution < 1.29 is 5.11 Å². The van der Waals surface area contributed by atoms with Crippen molar-refractivity contribution >= 4 is 5.71 Å². The molecule has 0 bridgehead atoms. The summed E-state index contributed by atoms with van der Waals surface area (Å²) in [6, 6.07) is 0. The first-order valence-electron chi connectivity index (χ1n) is 4.46. The second-order valence-corrected chi connectivity index (χ2v) is 4.74. The van der Waals surface area contributed by atoms with Gasteiger partial charge in [0.15, 0.2) is 0 Å². The number of hydrogen-bond donors (Lipinski definition) is 2. The van der Waals surface area contributed by atoms with Crippen LogP contribution in [0.15, 0.2) is 23.8 Å². The second kappa shape index (κ2) is 2.81. The zero-order chi connectivity index (χ0) is 10.3. The van der Waals surface area contributed by atoms with Crippen LogP contribution in [-0.2, 0) is 0 Å². The third-order valence-corrected chi connectivity index (χ3v) is 2.30. The molecule has 0 radical (unpaired) electrons. The zero-order valence-electron chi connectivity index (χ0n) is 8.68. The summed E-state index contributed by atoms with van der Waals surface area (Å²) in [5, 5.41) is 17.3. The third-order valence-electron chi connectivity index (χ3n) is 2.30. The molecule has 1 aliphatic carbocycles. The van der Waals surface area contributed by atoms with Crippen LogP contribution in [0, 0.1) is 10.8 Å². The molecule has 0 saturated heterocycles. The van der Waals surface area contributed by atoms with Crippen molar-refractivity contribution in [3.8, 4) is 0 Å². The second-order valence-electron chi connectivity index (χ2n) is 4.74. The number of nitrogens with one attached hydrogen (secondary N) is 1. The van der Waals surface area contributed by atoms with Gasteiger partial charge < -0.3 is 10.5 Å². The summed E-state index contributed by atoms with van der Waals surface area (Å²) in [4.78, 5) is 0. The van der Waals surface area contributed by atoms with E-state index in [1.807, 2.05) is 6.08 Å². The minimum atomic E-state index is -1.09. The van der Waals surface area contributed by atoms with Crippen molar-refractivity contribution in [2.24, 2.45) is 5.41 Å². The highest BCUT2D eigenvalue weighted by Crippen LogP contribution is 2.30. The fourth-order valence-electron chi connectivity index (χ4n) is 1.16. The molecular weight excluding hydrogens is 162 g/mol. The summed E-state index contributed by atoms with van der Waals surface area (Å²) < 4.78 is 0. The highest BCUT2D eigenvalue weighted by atomic mass is 16.3. The Bertz CT molecular complexity index is 290. The summed E-state index contributed by atoms with van der Waals surface area (Å²) in [6.45, 7) is 7.91. The van der Waals surface area contributed by atoms with E-state index < -0.39 is 5.60 Å². The SMILES string of the molecule is CC(C)(C)C1=CC(=N)C(C)(O)C=C1. The van der Waals surface area contributed by atoms with Crippen LogP contribution < -0.4 is 0 Å². The number of hydrogen-bond acceptors (Lipinski definition) is 2. The van der Waals surface area contributed by atoms with Gasteiger partial charge in [0, 0.05) is 0 Å². The number of allylic oxidation sites excluding steroid dienone is 2. The van der Waals surface area contributed by atoms with Crippen molar-refractivity contribution in [3.05, 3.63) is 23.8 Å². The van der Waals surface area contributed by atoms with E-state index in [9.17, 15) is 5.11 Å². The Morgan fingerprint density at radius 1 is 1.38 bits per heavy atom. The zero-order valence-corrected chi connectivity index (χ0v) is 8.68. The van der Waals surface area contributed by atoms with E-state index in [4.69, 9.17) is 5.41 Å². The molecule has 0 aromatic heterocycles. The predicted octanol–water partition coefficient (Wildman–Crippen LogP) is 2.30. The molecule has 0 fully saturated rings. The third kappa shape index (κ3) is 2.07. The van der Waals surface area contributed by atoms with E-state index in [1.54, 1.807) is 19.1 Å². The normalized spacial score (nSPS) is 29.0. The van der Waals surface area contributed by atoms with Crippen molar-refractivity contribution in [2.45, 2.75) is 33.3 Å². The lowest BCUT2D eigenvalue weighted by atomic mass is 9.80. The summed E-state index contributed by atoms with van der Waals surface area (Å²) >= 11 is 0. The quantitative estimate of drug-likeness (QED) is 0.588. The molecular formula is C11H17NO. The standard InChI is InChI=1S/C11H17NO/c1-10(2,3)8-5-6-11(4,13)9(12)7-8/h5-7,12-13H,1-4H3. The largest absolute Gasteiger partial charge is 0.380 e. The topological polar surface area (TPSA) is 44.1 Å². The number of rotatable bonds is 0. The van der Waals surface area contributed by atoms with Crippen LogP contribution in [0.3, 0.4) is 0 Å². The van der Waals surface area contributed by atoms with E-state index in [1.165, 1.54) is 0 Å². The van der Waals surface area contributed by atoms with E-state index in [0.717, 1.165) is 5.57 Å². The molecule has 0 aromatic carbocycles. The molecule has 0 spiro atoms. The van der Waals surface area contributed by atoms with E-state index >= 15 is 0 Å². The van der Waals surface area contributed by atoms with Gasteiger partial charge in [-0.2, -0.15) is 0 Å². The molecule has 0 heterocycles. The van der Waals surface area contributed by atoms with Gasteiger partial charge in [0.05, 0.1) is 5.71 Å². The van der Waals surface area contributed by atoms with Gasteiger partial charge in [-0.15, -0.1) is 0 Å². The maximum atomic E-state index is 9.67. The molecule has 1 aliphatic rings. The van der Waals surface area contributed by atoms with Crippen LogP contribution in [0.1, 0.15) is 27.7 Å². The monoisotopic (exact) mass is 179 g/mol. The van der Waals surface area contributed by atoms with Gasteiger partial charge in [-0.25, -0.2) is 0 Å². The Balaban J connectivity index is 3.00. The molecule has 2 N–H and O–H groups in total. The van der Waals surface area contributed by atoms with Gasteiger partial charge in [0.25, 0.3) is 0 Å². The summed E-state index contributed by atoms with van der Waals surface area (Å²) in [5.74, 6) is 0. The Hall–Kier alpha value is -0.890. The summed E-state index contributed by atoms with van der Waals surface area (Å²) in [5.41, 5.74) is 0.303. The van der Waals surface area contributed by atoms with E-state index in [-0.39, 0.29) is 11.1 Å². The van der Waals surface area contributed by atoms with Crippen LogP contribution in [0.5, 0.6) is 0 Å². The van der Waals surface area contributed by atoms with Crippen LogP contribution in [0.2, 0.25) is 0 Å². The first-order valence-corrected chi connectivity index (χ1v) is 4.46. The van der Waals surface area contributed by atoms with Gasteiger partial charge in [-0.1, -0.05) is 26.8 Å². The first-order chi connectivity index (χ1) is 5.73. The molecule has 1 atom stereocenters. The molecule has 0 aromatic rings. The van der Waals surface area contributed by atoms with Crippen LogP contribution in [0.4, 0.5) is 0 Å². The molecule has 0 saturated carbocycles. The highest BCUT2D eigenvalue weighted by molar-refractivity contribution is 6.02. The van der Waals surface area contributed by atoms with E-state index in [2.05, 4.69) is 20.8 Å². The van der Waals surface area contributed by atoms with Gasteiger partial charge >= 0.3 is 0 Å². The van der Waals surface area contributed by atoms with Crippen LogP contribution >= 0.6 is 0 Å². The summed E-state index contributed by atoms with van der Waals surface area (Å²) in [6.07, 6.45) is 5.33. The van der Waals surface area contributed by atoms with Gasteiger partial charge in [-0.3, -0.25) is 0 Å². The average molecular weight is 179 g/mol. The van der Waals surface area contributed by atoms with Crippen molar-refractivity contribution in [1.29, 1.82) is 5.41 Å². The van der Waals surface area contributed by atoms with Gasteiger partial charge in [0.2, 0.25) is 0 Å². The Morgan fingerprint density at radius 2 is 1.92 bits per heavy atom. The Morgan fingerprint density at radius 3 is 2.31 bits per heavy atom. The minimum Gasteiger partial charge on any atom is -0.380 e. The predicted molar refractivity (Wildman–Crippen MR) is 55.0 cm³/mol. The highest BCUT2D eigenvalue weighted by Gasteiger charge is 2.27. The van der Waals surface area contributed by atoms with Crippen molar-refractivity contribution in [1.82, 2.24) is 0 Å². The van der Waals surface area contributed by atoms with E-state index in [0.29, 0.717) is 0 Å². The van der Waals surface area contributed by atoms with Gasteiger partial charge in [-0.05, 0) is 30.1 Å².